The first-order valence-corrected chi connectivity index (χ1v) is 12.6. The van der Waals surface area contributed by atoms with Crippen molar-refractivity contribution in [2.75, 3.05) is 30.8 Å². The lowest BCUT2D eigenvalue weighted by Crippen LogP contribution is -2.50. The van der Waals surface area contributed by atoms with Crippen molar-refractivity contribution in [1.82, 2.24) is 5.32 Å². The largest absolute Gasteiger partial charge is 0.495 e. The number of nitrogens with zero attached hydrogens (tertiary/aromatic N) is 1. The number of anilines is 1. The third kappa shape index (κ3) is 6.53. The molecule has 2 aromatic rings. The van der Waals surface area contributed by atoms with Crippen molar-refractivity contribution in [3.05, 3.63) is 53.1 Å². The summed E-state index contributed by atoms with van der Waals surface area (Å²) < 4.78 is 37.5. The number of benzene rings is 2. The zero-order valence-corrected chi connectivity index (χ0v) is 20.7. The molecule has 2 aromatic carbocycles. The first-order chi connectivity index (χ1) is 15.1. The molecule has 0 aliphatic heterocycles. The summed E-state index contributed by atoms with van der Waals surface area (Å²) in [6, 6.07) is 11.4. The van der Waals surface area contributed by atoms with Gasteiger partial charge in [-0.15, -0.1) is 0 Å². The summed E-state index contributed by atoms with van der Waals surface area (Å²) in [7, 11) is -2.38. The lowest BCUT2D eigenvalue weighted by molar-refractivity contribution is -0.122. The van der Waals surface area contributed by atoms with E-state index in [2.05, 4.69) is 19.2 Å². The van der Waals surface area contributed by atoms with E-state index in [9.17, 15) is 13.2 Å². The number of amides is 1. The van der Waals surface area contributed by atoms with E-state index in [1.54, 1.807) is 19.1 Å². The third-order valence-corrected chi connectivity index (χ3v) is 6.31. The average Bonchev–Trinajstić information content (AvgIpc) is 2.74. The Hall–Kier alpha value is -2.45. The molecule has 1 unspecified atom stereocenters. The summed E-state index contributed by atoms with van der Waals surface area (Å²) in [5.41, 5.74) is 1.30. The minimum Gasteiger partial charge on any atom is -0.495 e. The SMILES string of the molecule is CCC(C(=O)NCCOc1ccccc1C(C)C)N(c1cc(Cl)ccc1OC)S(C)(=O)=O. The van der Waals surface area contributed by atoms with Gasteiger partial charge in [0, 0.05) is 5.02 Å². The number of sulfonamides is 1. The Morgan fingerprint density at radius 1 is 1.16 bits per heavy atom. The van der Waals surface area contributed by atoms with Crippen LogP contribution in [0, 0.1) is 0 Å². The number of carbonyl (C=O) groups is 1. The fourth-order valence-corrected chi connectivity index (χ4v) is 4.79. The van der Waals surface area contributed by atoms with Crippen LogP contribution in [-0.4, -0.2) is 46.9 Å². The molecule has 0 saturated heterocycles. The molecule has 1 atom stereocenters. The minimum atomic E-state index is -3.81. The summed E-state index contributed by atoms with van der Waals surface area (Å²) in [4.78, 5) is 13.0. The van der Waals surface area contributed by atoms with Crippen molar-refractivity contribution < 1.29 is 22.7 Å². The van der Waals surface area contributed by atoms with E-state index in [1.165, 1.54) is 13.2 Å². The van der Waals surface area contributed by atoms with Crippen LogP contribution >= 0.6 is 11.6 Å². The van der Waals surface area contributed by atoms with E-state index >= 15 is 0 Å². The van der Waals surface area contributed by atoms with Gasteiger partial charge in [0.15, 0.2) is 0 Å². The molecule has 0 aliphatic rings. The van der Waals surface area contributed by atoms with Gasteiger partial charge in [0.1, 0.15) is 24.1 Å². The van der Waals surface area contributed by atoms with Crippen LogP contribution in [0.1, 0.15) is 38.7 Å². The third-order valence-electron chi connectivity index (χ3n) is 4.91. The van der Waals surface area contributed by atoms with Crippen LogP contribution in [0.4, 0.5) is 5.69 Å². The van der Waals surface area contributed by atoms with Gasteiger partial charge in [-0.2, -0.15) is 0 Å². The monoisotopic (exact) mass is 482 g/mol. The fraction of sp³-hybridized carbons (Fsp3) is 0.435. The molecule has 2 rings (SSSR count). The van der Waals surface area contributed by atoms with Crippen LogP contribution < -0.4 is 19.1 Å². The van der Waals surface area contributed by atoms with Crippen LogP contribution in [0.3, 0.4) is 0 Å². The number of hydrogen-bond donors (Lipinski definition) is 1. The molecule has 7 nitrogen and oxygen atoms in total. The summed E-state index contributed by atoms with van der Waals surface area (Å²) in [6.07, 6.45) is 1.31. The molecule has 0 fully saturated rings. The van der Waals surface area contributed by atoms with Gasteiger partial charge >= 0.3 is 0 Å². The molecule has 1 N–H and O–H groups in total. The number of ether oxygens (including phenoxy) is 2. The first kappa shape index (κ1) is 25.8. The predicted octanol–water partition coefficient (Wildman–Crippen LogP) is 4.21. The van der Waals surface area contributed by atoms with Crippen LogP contribution in [0.25, 0.3) is 0 Å². The maximum Gasteiger partial charge on any atom is 0.244 e. The number of rotatable bonds is 11. The maximum absolute atomic E-state index is 13.0. The van der Waals surface area contributed by atoms with Gasteiger partial charge in [0.05, 0.1) is 25.6 Å². The average molecular weight is 483 g/mol. The molecule has 32 heavy (non-hydrogen) atoms. The summed E-state index contributed by atoms with van der Waals surface area (Å²) in [5, 5.41) is 3.12. The quantitative estimate of drug-likeness (QED) is 0.485. The zero-order valence-electron chi connectivity index (χ0n) is 19.1. The number of hydrogen-bond acceptors (Lipinski definition) is 5. The van der Waals surface area contributed by atoms with Gasteiger partial charge in [0.25, 0.3) is 0 Å². The van der Waals surface area contributed by atoms with Crippen LogP contribution in [0.2, 0.25) is 5.02 Å². The molecule has 9 heteroatoms. The molecule has 0 aromatic heterocycles. The Kier molecular flexibility index (Phi) is 9.21. The number of halogens is 1. The van der Waals surface area contributed by atoms with E-state index in [0.29, 0.717) is 16.7 Å². The van der Waals surface area contributed by atoms with E-state index in [4.69, 9.17) is 21.1 Å². The number of para-hydroxylation sites is 1. The van der Waals surface area contributed by atoms with Crippen molar-refractivity contribution >= 4 is 33.2 Å². The first-order valence-electron chi connectivity index (χ1n) is 10.4. The molecule has 0 radical (unpaired) electrons. The van der Waals surface area contributed by atoms with Gasteiger partial charge in [-0.3, -0.25) is 9.10 Å². The van der Waals surface area contributed by atoms with Crippen LogP contribution in [0.15, 0.2) is 42.5 Å². The molecule has 0 aliphatic carbocycles. The van der Waals surface area contributed by atoms with Crippen molar-refractivity contribution in [3.8, 4) is 11.5 Å². The standard InChI is InChI=1S/C23H31ClN2O5S/c1-6-19(26(32(5,28)29)20-15-17(24)11-12-22(20)30-4)23(27)25-13-14-31-21-10-8-7-9-18(21)16(2)3/h7-12,15-16,19H,6,13-14H2,1-5H3,(H,25,27). The van der Waals surface area contributed by atoms with Crippen molar-refractivity contribution in [1.29, 1.82) is 0 Å². The van der Waals surface area contributed by atoms with Gasteiger partial charge in [-0.1, -0.05) is 50.6 Å². The Labute approximate surface area is 195 Å². The normalized spacial score (nSPS) is 12.3. The molecule has 1 amide bonds. The molecule has 0 saturated carbocycles. The zero-order chi connectivity index (χ0) is 23.9. The van der Waals surface area contributed by atoms with Gasteiger partial charge in [-0.05, 0) is 42.2 Å². The molecular weight excluding hydrogens is 452 g/mol. The van der Waals surface area contributed by atoms with Crippen molar-refractivity contribution in [2.24, 2.45) is 0 Å². The summed E-state index contributed by atoms with van der Waals surface area (Å²) >= 11 is 6.10. The van der Waals surface area contributed by atoms with Gasteiger partial charge in [-0.25, -0.2) is 8.42 Å². The molecular formula is C23H31ClN2O5S. The second kappa shape index (κ2) is 11.4. The van der Waals surface area contributed by atoms with E-state index in [-0.39, 0.29) is 25.3 Å². The highest BCUT2D eigenvalue weighted by Gasteiger charge is 2.33. The topological polar surface area (TPSA) is 84.9 Å². The van der Waals surface area contributed by atoms with Gasteiger partial charge in [0.2, 0.25) is 15.9 Å². The molecule has 176 valence electrons. The molecule has 0 heterocycles. The second-order valence-corrected chi connectivity index (χ2v) is 9.93. The molecule has 0 spiro atoms. The fourth-order valence-electron chi connectivity index (χ4n) is 3.41. The number of methoxy groups -OCH3 is 1. The Morgan fingerprint density at radius 3 is 2.44 bits per heavy atom. The highest BCUT2D eigenvalue weighted by molar-refractivity contribution is 7.92. The lowest BCUT2D eigenvalue weighted by atomic mass is 10.0. The summed E-state index contributed by atoms with van der Waals surface area (Å²) in [6.45, 7) is 6.39. The number of carbonyl (C=O) groups excluding carboxylic acids is 1. The second-order valence-electron chi connectivity index (χ2n) is 7.63. The van der Waals surface area contributed by atoms with Crippen LogP contribution in [0.5, 0.6) is 11.5 Å². The Morgan fingerprint density at radius 2 is 1.84 bits per heavy atom. The summed E-state index contributed by atoms with van der Waals surface area (Å²) in [5.74, 6) is 0.951. The maximum atomic E-state index is 13.0. The minimum absolute atomic E-state index is 0.214. The Bertz CT molecular complexity index is 1030. The van der Waals surface area contributed by atoms with E-state index in [0.717, 1.165) is 21.9 Å². The highest BCUT2D eigenvalue weighted by atomic mass is 35.5. The van der Waals surface area contributed by atoms with E-state index < -0.39 is 22.0 Å². The van der Waals surface area contributed by atoms with Crippen molar-refractivity contribution in [3.63, 3.8) is 0 Å². The number of nitrogens with one attached hydrogen (secondary N) is 1. The van der Waals surface area contributed by atoms with Crippen molar-refractivity contribution in [2.45, 2.75) is 39.2 Å². The molecule has 0 bridgehead atoms. The van der Waals surface area contributed by atoms with Crippen LogP contribution in [-0.2, 0) is 14.8 Å². The highest BCUT2D eigenvalue weighted by Crippen LogP contribution is 2.34. The Balaban J connectivity index is 2.15. The smallest absolute Gasteiger partial charge is 0.244 e. The predicted molar refractivity (Wildman–Crippen MR) is 128 cm³/mol. The van der Waals surface area contributed by atoms with Gasteiger partial charge < -0.3 is 14.8 Å². The lowest BCUT2D eigenvalue weighted by Gasteiger charge is -2.31. The van der Waals surface area contributed by atoms with E-state index in [1.807, 2.05) is 24.3 Å².